The van der Waals surface area contributed by atoms with Gasteiger partial charge in [-0.15, -0.1) is 0 Å². The lowest BCUT2D eigenvalue weighted by Gasteiger charge is -2.40. The van der Waals surface area contributed by atoms with Crippen LogP contribution in [0.1, 0.15) is 33.1 Å². The van der Waals surface area contributed by atoms with Gasteiger partial charge < -0.3 is 9.64 Å². The lowest BCUT2D eigenvalue weighted by Crippen LogP contribution is -2.49. The number of nitrogens with zero attached hydrogens (tertiary/aromatic N) is 2. The van der Waals surface area contributed by atoms with Crippen molar-refractivity contribution in [2.24, 2.45) is 0 Å². The second-order valence-electron chi connectivity index (χ2n) is 6.79. The third kappa shape index (κ3) is 3.54. The average Bonchev–Trinajstić information content (AvgIpc) is 2.64. The summed E-state index contributed by atoms with van der Waals surface area (Å²) in [5.74, 6) is 0.982. The van der Waals surface area contributed by atoms with E-state index in [9.17, 15) is 4.79 Å². The first kappa shape index (κ1) is 17.5. The standard InChI is InChI=1S/C21H26N2O2/c1-15-9-10-17(13-16(15)2)21(24)23-12-11-22(3)19(14-23)18-7-5-6-8-20(18)25-4/h5-10,13,19H,11-12,14H2,1-4H3. The molecule has 0 saturated carbocycles. The van der Waals surface area contributed by atoms with Gasteiger partial charge in [-0.3, -0.25) is 9.69 Å². The molecule has 1 amide bonds. The minimum Gasteiger partial charge on any atom is -0.496 e. The Labute approximate surface area is 150 Å². The van der Waals surface area contributed by atoms with Gasteiger partial charge in [0.05, 0.1) is 13.2 Å². The first-order valence-corrected chi connectivity index (χ1v) is 8.71. The molecule has 0 N–H and O–H groups in total. The Bertz CT molecular complexity index is 772. The van der Waals surface area contributed by atoms with Crippen LogP contribution in [0, 0.1) is 13.8 Å². The zero-order valence-electron chi connectivity index (χ0n) is 15.5. The second-order valence-corrected chi connectivity index (χ2v) is 6.79. The third-order valence-electron chi connectivity index (χ3n) is 5.19. The van der Waals surface area contributed by atoms with Gasteiger partial charge in [0.15, 0.2) is 0 Å². The van der Waals surface area contributed by atoms with E-state index in [0.717, 1.165) is 35.5 Å². The Morgan fingerprint density at radius 2 is 1.84 bits per heavy atom. The first-order chi connectivity index (χ1) is 12.0. The Kier molecular flexibility index (Phi) is 5.09. The largest absolute Gasteiger partial charge is 0.496 e. The molecular formula is C21H26N2O2. The summed E-state index contributed by atoms with van der Waals surface area (Å²) in [6.07, 6.45) is 0. The molecule has 4 nitrogen and oxygen atoms in total. The van der Waals surface area contributed by atoms with Gasteiger partial charge in [0.25, 0.3) is 5.91 Å². The topological polar surface area (TPSA) is 32.8 Å². The van der Waals surface area contributed by atoms with E-state index in [4.69, 9.17) is 4.74 Å². The Morgan fingerprint density at radius 1 is 1.08 bits per heavy atom. The summed E-state index contributed by atoms with van der Waals surface area (Å²) < 4.78 is 5.53. The van der Waals surface area contributed by atoms with Crippen LogP contribution >= 0.6 is 0 Å². The molecule has 1 fully saturated rings. The Balaban J connectivity index is 1.84. The van der Waals surface area contributed by atoms with E-state index in [1.54, 1.807) is 7.11 Å². The van der Waals surface area contributed by atoms with Crippen molar-refractivity contribution in [2.75, 3.05) is 33.8 Å². The van der Waals surface area contributed by atoms with E-state index in [1.807, 2.05) is 48.2 Å². The number of ether oxygens (including phenoxy) is 1. The molecule has 3 rings (SSSR count). The smallest absolute Gasteiger partial charge is 0.253 e. The molecule has 0 aliphatic carbocycles. The molecule has 25 heavy (non-hydrogen) atoms. The number of para-hydroxylation sites is 1. The van der Waals surface area contributed by atoms with E-state index in [-0.39, 0.29) is 11.9 Å². The molecule has 1 saturated heterocycles. The van der Waals surface area contributed by atoms with E-state index in [2.05, 4.69) is 24.9 Å². The summed E-state index contributed by atoms with van der Waals surface area (Å²) in [5, 5.41) is 0. The van der Waals surface area contributed by atoms with Crippen LogP contribution in [0.2, 0.25) is 0 Å². The van der Waals surface area contributed by atoms with E-state index in [0.29, 0.717) is 6.54 Å². The van der Waals surface area contributed by atoms with Gasteiger partial charge in [-0.2, -0.15) is 0 Å². The molecule has 1 heterocycles. The van der Waals surface area contributed by atoms with Crippen LogP contribution < -0.4 is 4.74 Å². The summed E-state index contributed by atoms with van der Waals surface area (Å²) in [4.78, 5) is 17.2. The molecular weight excluding hydrogens is 312 g/mol. The first-order valence-electron chi connectivity index (χ1n) is 8.71. The molecule has 2 aromatic carbocycles. The number of benzene rings is 2. The Morgan fingerprint density at radius 3 is 2.56 bits per heavy atom. The number of methoxy groups -OCH3 is 1. The predicted octanol–water partition coefficient (Wildman–Crippen LogP) is 3.44. The normalized spacial score (nSPS) is 18.2. The zero-order chi connectivity index (χ0) is 18.0. The SMILES string of the molecule is COc1ccccc1C1CN(C(=O)c2ccc(C)c(C)c2)CCN1C. The van der Waals surface area contributed by atoms with Crippen LogP contribution in [0.4, 0.5) is 0 Å². The minimum atomic E-state index is 0.107. The van der Waals surface area contributed by atoms with Gasteiger partial charge >= 0.3 is 0 Å². The van der Waals surface area contributed by atoms with E-state index in [1.165, 1.54) is 5.56 Å². The lowest BCUT2D eigenvalue weighted by atomic mass is 10.0. The maximum Gasteiger partial charge on any atom is 0.253 e. The summed E-state index contributed by atoms with van der Waals surface area (Å²) in [6.45, 7) is 6.38. The molecule has 1 aliphatic rings. The summed E-state index contributed by atoms with van der Waals surface area (Å²) in [7, 11) is 3.80. The number of carbonyl (C=O) groups is 1. The second kappa shape index (κ2) is 7.28. The fraction of sp³-hybridized carbons (Fsp3) is 0.381. The number of amides is 1. The Hall–Kier alpha value is -2.33. The minimum absolute atomic E-state index is 0.107. The van der Waals surface area contributed by atoms with Crippen LogP contribution in [-0.2, 0) is 0 Å². The van der Waals surface area contributed by atoms with Crippen molar-refractivity contribution in [3.05, 3.63) is 64.7 Å². The van der Waals surface area contributed by atoms with Gasteiger partial charge in [-0.05, 0) is 50.2 Å². The monoisotopic (exact) mass is 338 g/mol. The van der Waals surface area contributed by atoms with Gasteiger partial charge in [-0.25, -0.2) is 0 Å². The number of piperazine rings is 1. The molecule has 1 atom stereocenters. The average molecular weight is 338 g/mol. The van der Waals surface area contributed by atoms with Crippen molar-refractivity contribution >= 4 is 5.91 Å². The quantitative estimate of drug-likeness (QED) is 0.859. The van der Waals surface area contributed by atoms with Gasteiger partial charge in [0, 0.05) is 30.8 Å². The summed E-state index contributed by atoms with van der Waals surface area (Å²) in [6, 6.07) is 14.2. The molecule has 0 bridgehead atoms. The number of aryl methyl sites for hydroxylation is 2. The number of rotatable bonds is 3. The van der Waals surface area contributed by atoms with Crippen molar-refractivity contribution < 1.29 is 9.53 Å². The van der Waals surface area contributed by atoms with Crippen LogP contribution in [0.15, 0.2) is 42.5 Å². The highest BCUT2D eigenvalue weighted by molar-refractivity contribution is 5.94. The molecule has 0 aromatic heterocycles. The predicted molar refractivity (Wildman–Crippen MR) is 100 cm³/mol. The molecule has 132 valence electrons. The third-order valence-corrected chi connectivity index (χ3v) is 5.19. The highest BCUT2D eigenvalue weighted by Gasteiger charge is 2.30. The highest BCUT2D eigenvalue weighted by Crippen LogP contribution is 2.31. The number of likely N-dealkylation sites (N-methyl/N-ethyl adjacent to an activating group) is 1. The molecule has 1 unspecified atom stereocenters. The van der Waals surface area contributed by atoms with E-state index < -0.39 is 0 Å². The van der Waals surface area contributed by atoms with Crippen LogP contribution in [0.3, 0.4) is 0 Å². The molecule has 4 heteroatoms. The fourth-order valence-electron chi connectivity index (χ4n) is 3.39. The van der Waals surface area contributed by atoms with Crippen molar-refractivity contribution in [1.82, 2.24) is 9.80 Å². The summed E-state index contributed by atoms with van der Waals surface area (Å²) in [5.41, 5.74) is 4.26. The fourth-order valence-corrected chi connectivity index (χ4v) is 3.39. The van der Waals surface area contributed by atoms with Crippen molar-refractivity contribution in [1.29, 1.82) is 0 Å². The summed E-state index contributed by atoms with van der Waals surface area (Å²) >= 11 is 0. The molecule has 0 radical (unpaired) electrons. The molecule has 1 aliphatic heterocycles. The zero-order valence-corrected chi connectivity index (χ0v) is 15.5. The van der Waals surface area contributed by atoms with Crippen LogP contribution in [0.25, 0.3) is 0 Å². The van der Waals surface area contributed by atoms with Crippen molar-refractivity contribution in [2.45, 2.75) is 19.9 Å². The van der Waals surface area contributed by atoms with E-state index >= 15 is 0 Å². The molecule has 2 aromatic rings. The van der Waals surface area contributed by atoms with Gasteiger partial charge in [0.1, 0.15) is 5.75 Å². The molecule has 0 spiro atoms. The van der Waals surface area contributed by atoms with Crippen LogP contribution in [-0.4, -0.2) is 49.5 Å². The lowest BCUT2D eigenvalue weighted by molar-refractivity contribution is 0.0542. The van der Waals surface area contributed by atoms with Crippen molar-refractivity contribution in [3.8, 4) is 5.75 Å². The number of carbonyl (C=O) groups excluding carboxylic acids is 1. The number of hydrogen-bond acceptors (Lipinski definition) is 3. The van der Waals surface area contributed by atoms with Crippen molar-refractivity contribution in [3.63, 3.8) is 0 Å². The van der Waals surface area contributed by atoms with Gasteiger partial charge in [-0.1, -0.05) is 24.3 Å². The maximum atomic E-state index is 13.0. The van der Waals surface area contributed by atoms with Gasteiger partial charge in [0.2, 0.25) is 0 Å². The maximum absolute atomic E-state index is 13.0. The van der Waals surface area contributed by atoms with Crippen LogP contribution in [0.5, 0.6) is 5.75 Å². The highest BCUT2D eigenvalue weighted by atomic mass is 16.5. The number of hydrogen-bond donors (Lipinski definition) is 0.